The maximum Gasteiger partial charge on any atom is 0.246 e. The third-order valence-corrected chi connectivity index (χ3v) is 5.63. The fourth-order valence-corrected chi connectivity index (χ4v) is 4.17. The van der Waals surface area contributed by atoms with Gasteiger partial charge in [-0.15, -0.1) is 0 Å². The van der Waals surface area contributed by atoms with Gasteiger partial charge in [0.2, 0.25) is 10.0 Å². The van der Waals surface area contributed by atoms with Gasteiger partial charge in [-0.1, -0.05) is 26.7 Å². The van der Waals surface area contributed by atoms with Crippen LogP contribution in [0.4, 0.5) is 5.82 Å². The zero-order valence-electron chi connectivity index (χ0n) is 11.6. The molecule has 0 spiro atoms. The minimum absolute atomic E-state index is 0.0200. The smallest absolute Gasteiger partial charge is 0.246 e. The average Bonchev–Trinajstić information content (AvgIpc) is 2.65. The highest BCUT2D eigenvalue weighted by atomic mass is 32.2. The molecule has 1 aromatic rings. The number of rotatable bonds is 3. The van der Waals surface area contributed by atoms with Crippen LogP contribution in [-0.4, -0.2) is 24.2 Å². The van der Waals surface area contributed by atoms with E-state index in [9.17, 15) is 8.42 Å². The van der Waals surface area contributed by atoms with Crippen molar-refractivity contribution < 1.29 is 8.42 Å². The number of sulfonamides is 1. The minimum atomic E-state index is -3.58. The summed E-state index contributed by atoms with van der Waals surface area (Å²) in [6, 6.07) is -0.0200. The highest BCUT2D eigenvalue weighted by Crippen LogP contribution is 2.30. The maximum absolute atomic E-state index is 12.3. The van der Waals surface area contributed by atoms with E-state index < -0.39 is 10.0 Å². The van der Waals surface area contributed by atoms with Crippen molar-refractivity contribution in [3.05, 3.63) is 6.20 Å². The number of anilines is 1. The number of nitrogens with two attached hydrogens (primary N) is 1. The van der Waals surface area contributed by atoms with Crippen LogP contribution < -0.4 is 10.5 Å². The predicted molar refractivity (Wildman–Crippen MR) is 73.9 cm³/mol. The number of hydrogen-bond acceptors (Lipinski definition) is 4. The van der Waals surface area contributed by atoms with Gasteiger partial charge < -0.3 is 5.73 Å². The molecule has 1 aromatic heterocycles. The Morgan fingerprint density at radius 2 is 2.11 bits per heavy atom. The standard InChI is InChI=1S/C12H22N4O2S/c1-8-5-4-6-10(9(8)2)15-19(17,18)11-7-16(3)14-12(11)13/h7-10,15H,4-6H2,1-3H3,(H2,13,14). The van der Waals surface area contributed by atoms with Gasteiger partial charge in [-0.05, 0) is 18.3 Å². The summed E-state index contributed by atoms with van der Waals surface area (Å²) in [7, 11) is -1.93. The second-order valence-electron chi connectivity index (χ2n) is 5.55. The summed E-state index contributed by atoms with van der Waals surface area (Å²) in [5.74, 6) is 0.917. The third kappa shape index (κ3) is 2.92. The summed E-state index contributed by atoms with van der Waals surface area (Å²) >= 11 is 0. The zero-order valence-corrected chi connectivity index (χ0v) is 12.4. The van der Waals surface area contributed by atoms with Crippen molar-refractivity contribution in [1.82, 2.24) is 14.5 Å². The molecule has 1 saturated carbocycles. The Bertz CT molecular complexity index is 552. The molecule has 0 aliphatic heterocycles. The van der Waals surface area contributed by atoms with E-state index in [1.807, 2.05) is 0 Å². The molecule has 1 aliphatic rings. The fraction of sp³-hybridized carbons (Fsp3) is 0.750. The monoisotopic (exact) mass is 286 g/mol. The van der Waals surface area contributed by atoms with Crippen LogP contribution in [-0.2, 0) is 17.1 Å². The Morgan fingerprint density at radius 1 is 1.42 bits per heavy atom. The summed E-state index contributed by atoms with van der Waals surface area (Å²) in [5.41, 5.74) is 5.64. The first-order chi connectivity index (χ1) is 8.81. The second kappa shape index (κ2) is 5.13. The second-order valence-corrected chi connectivity index (χ2v) is 7.23. The van der Waals surface area contributed by atoms with Gasteiger partial charge >= 0.3 is 0 Å². The highest BCUT2D eigenvalue weighted by Gasteiger charge is 2.32. The normalized spacial score (nSPS) is 28.5. The Hall–Kier alpha value is -1.08. The number of aromatic nitrogens is 2. The van der Waals surface area contributed by atoms with E-state index in [-0.39, 0.29) is 16.8 Å². The molecule has 0 aromatic carbocycles. The van der Waals surface area contributed by atoms with E-state index >= 15 is 0 Å². The maximum atomic E-state index is 12.3. The van der Waals surface area contributed by atoms with Gasteiger partial charge in [-0.25, -0.2) is 13.1 Å². The lowest BCUT2D eigenvalue weighted by Crippen LogP contribution is -2.43. The van der Waals surface area contributed by atoms with Crippen LogP contribution in [0.2, 0.25) is 0 Å². The van der Waals surface area contributed by atoms with Crippen molar-refractivity contribution in [2.75, 3.05) is 5.73 Å². The number of nitrogens with zero attached hydrogens (tertiary/aromatic N) is 2. The van der Waals surface area contributed by atoms with Crippen LogP contribution in [0.1, 0.15) is 33.1 Å². The Balaban J connectivity index is 2.20. The highest BCUT2D eigenvalue weighted by molar-refractivity contribution is 7.89. The van der Waals surface area contributed by atoms with E-state index in [1.165, 1.54) is 10.9 Å². The van der Waals surface area contributed by atoms with E-state index in [2.05, 4.69) is 23.7 Å². The SMILES string of the molecule is CC1CCCC(NS(=O)(=O)c2cn(C)nc2N)C1C. The molecule has 2 rings (SSSR count). The molecule has 0 radical (unpaired) electrons. The Morgan fingerprint density at radius 3 is 2.68 bits per heavy atom. The topological polar surface area (TPSA) is 90.0 Å². The van der Waals surface area contributed by atoms with Gasteiger partial charge in [0.15, 0.2) is 5.82 Å². The lowest BCUT2D eigenvalue weighted by Gasteiger charge is -2.34. The molecule has 3 atom stereocenters. The van der Waals surface area contributed by atoms with Crippen LogP contribution in [0, 0.1) is 11.8 Å². The number of nitrogens with one attached hydrogen (secondary N) is 1. The Labute approximate surface area is 114 Å². The van der Waals surface area contributed by atoms with Crippen molar-refractivity contribution in [2.45, 2.75) is 44.0 Å². The molecule has 7 heteroatoms. The van der Waals surface area contributed by atoms with Gasteiger partial charge in [-0.3, -0.25) is 4.68 Å². The van der Waals surface area contributed by atoms with Crippen molar-refractivity contribution in [1.29, 1.82) is 0 Å². The quantitative estimate of drug-likeness (QED) is 0.871. The first kappa shape index (κ1) is 14.3. The molecule has 3 unspecified atom stereocenters. The number of aryl methyl sites for hydroxylation is 1. The summed E-state index contributed by atoms with van der Waals surface area (Å²) in [4.78, 5) is 0.0698. The van der Waals surface area contributed by atoms with Gasteiger partial charge in [0, 0.05) is 19.3 Å². The van der Waals surface area contributed by atoms with Gasteiger partial charge in [0.1, 0.15) is 4.90 Å². The molecular formula is C12H22N4O2S. The zero-order chi connectivity index (χ0) is 14.2. The van der Waals surface area contributed by atoms with Crippen LogP contribution in [0.25, 0.3) is 0 Å². The lowest BCUT2D eigenvalue weighted by atomic mass is 9.78. The molecule has 108 valence electrons. The van der Waals surface area contributed by atoms with Gasteiger partial charge in [0.05, 0.1) is 0 Å². The summed E-state index contributed by atoms with van der Waals surface area (Å²) in [6.07, 6.45) is 4.54. The molecule has 0 bridgehead atoms. The fourth-order valence-electron chi connectivity index (χ4n) is 2.70. The van der Waals surface area contributed by atoms with Crippen molar-refractivity contribution >= 4 is 15.8 Å². The van der Waals surface area contributed by atoms with Crippen molar-refractivity contribution in [2.24, 2.45) is 18.9 Å². The van der Waals surface area contributed by atoms with E-state index in [0.717, 1.165) is 19.3 Å². The molecule has 1 aliphatic carbocycles. The molecule has 1 fully saturated rings. The van der Waals surface area contributed by atoms with Crippen molar-refractivity contribution in [3.63, 3.8) is 0 Å². The number of nitrogen functional groups attached to an aromatic ring is 1. The minimum Gasteiger partial charge on any atom is -0.381 e. The van der Waals surface area contributed by atoms with Crippen LogP contribution in [0.15, 0.2) is 11.1 Å². The van der Waals surface area contributed by atoms with E-state index in [0.29, 0.717) is 11.8 Å². The predicted octanol–water partition coefficient (Wildman–Crippen LogP) is 1.11. The van der Waals surface area contributed by atoms with Crippen LogP contribution in [0.5, 0.6) is 0 Å². The van der Waals surface area contributed by atoms with Gasteiger partial charge in [0.25, 0.3) is 0 Å². The van der Waals surface area contributed by atoms with E-state index in [1.54, 1.807) is 7.05 Å². The number of hydrogen-bond donors (Lipinski definition) is 2. The summed E-state index contributed by atoms with van der Waals surface area (Å²) in [5, 5.41) is 3.88. The average molecular weight is 286 g/mol. The van der Waals surface area contributed by atoms with Crippen molar-refractivity contribution in [3.8, 4) is 0 Å². The summed E-state index contributed by atoms with van der Waals surface area (Å²) < 4.78 is 28.9. The molecule has 3 N–H and O–H groups in total. The summed E-state index contributed by atoms with van der Waals surface area (Å²) in [6.45, 7) is 4.27. The first-order valence-corrected chi connectivity index (χ1v) is 8.11. The van der Waals surface area contributed by atoms with Crippen LogP contribution in [0.3, 0.4) is 0 Å². The molecule has 0 saturated heterocycles. The molecule has 1 heterocycles. The van der Waals surface area contributed by atoms with Crippen LogP contribution >= 0.6 is 0 Å². The molecule has 0 amide bonds. The van der Waals surface area contributed by atoms with Gasteiger partial charge in [-0.2, -0.15) is 5.10 Å². The largest absolute Gasteiger partial charge is 0.381 e. The third-order valence-electron chi connectivity index (χ3n) is 4.12. The molecular weight excluding hydrogens is 264 g/mol. The first-order valence-electron chi connectivity index (χ1n) is 6.62. The van der Waals surface area contributed by atoms with E-state index in [4.69, 9.17) is 5.73 Å². The Kier molecular flexibility index (Phi) is 3.87. The lowest BCUT2D eigenvalue weighted by molar-refractivity contribution is 0.227. The molecule has 6 nitrogen and oxygen atoms in total. The molecule has 19 heavy (non-hydrogen) atoms.